The largest absolute Gasteiger partial charge is 0.497 e. The summed E-state index contributed by atoms with van der Waals surface area (Å²) >= 11 is 10.0. The molecule has 0 aliphatic heterocycles. The van der Waals surface area contributed by atoms with Crippen LogP contribution in [0.5, 0.6) is 5.75 Å². The summed E-state index contributed by atoms with van der Waals surface area (Å²) in [6.45, 7) is 2.07. The Balaban J connectivity index is 2.15. The van der Waals surface area contributed by atoms with Crippen molar-refractivity contribution in [3.63, 3.8) is 0 Å². The number of methoxy groups -OCH3 is 1. The van der Waals surface area contributed by atoms with Crippen molar-refractivity contribution < 1.29 is 4.74 Å². The Kier molecular flexibility index (Phi) is 4.89. The molecule has 19 heavy (non-hydrogen) atoms. The van der Waals surface area contributed by atoms with Crippen LogP contribution in [0.2, 0.25) is 0 Å². The molecule has 3 heteroatoms. The quantitative estimate of drug-likeness (QED) is 0.688. The zero-order valence-corrected chi connectivity index (χ0v) is 13.3. The molecule has 0 amide bonds. The van der Waals surface area contributed by atoms with Gasteiger partial charge in [0, 0.05) is 4.47 Å². The Morgan fingerprint density at radius 2 is 2.00 bits per heavy atom. The molecular weight excluding hydrogens is 324 g/mol. The van der Waals surface area contributed by atoms with Gasteiger partial charge in [-0.1, -0.05) is 40.2 Å². The third-order valence-electron chi connectivity index (χ3n) is 3.09. The van der Waals surface area contributed by atoms with Crippen LogP contribution < -0.4 is 4.74 Å². The number of aryl methyl sites for hydroxylation is 1. The van der Waals surface area contributed by atoms with Gasteiger partial charge in [-0.25, -0.2) is 0 Å². The number of rotatable bonds is 4. The van der Waals surface area contributed by atoms with Crippen LogP contribution in [0.1, 0.15) is 22.1 Å². The lowest BCUT2D eigenvalue weighted by Crippen LogP contribution is -1.97. The monoisotopic (exact) mass is 338 g/mol. The lowest BCUT2D eigenvalue weighted by Gasteiger charge is -2.12. The lowest BCUT2D eigenvalue weighted by molar-refractivity contribution is 0.414. The summed E-state index contributed by atoms with van der Waals surface area (Å²) in [6.07, 6.45) is 0.791. The highest BCUT2D eigenvalue weighted by Crippen LogP contribution is 2.29. The van der Waals surface area contributed by atoms with Crippen molar-refractivity contribution in [2.45, 2.75) is 18.7 Å². The second-order valence-corrected chi connectivity index (χ2v) is 5.91. The maximum atomic E-state index is 6.50. The number of alkyl halides is 1. The minimum atomic E-state index is -0.0288. The second kappa shape index (κ2) is 6.44. The van der Waals surface area contributed by atoms with Gasteiger partial charge in [-0.2, -0.15) is 0 Å². The summed E-state index contributed by atoms with van der Waals surface area (Å²) in [5.41, 5.74) is 3.53. The van der Waals surface area contributed by atoms with E-state index in [1.54, 1.807) is 7.11 Å². The average Bonchev–Trinajstić information content (AvgIpc) is 2.42. The van der Waals surface area contributed by atoms with Crippen molar-refractivity contribution in [2.75, 3.05) is 7.11 Å². The van der Waals surface area contributed by atoms with E-state index in [4.69, 9.17) is 16.3 Å². The van der Waals surface area contributed by atoms with Crippen molar-refractivity contribution in [1.82, 2.24) is 0 Å². The van der Waals surface area contributed by atoms with Crippen LogP contribution in [0.25, 0.3) is 0 Å². The van der Waals surface area contributed by atoms with Crippen LogP contribution in [0, 0.1) is 6.92 Å². The molecule has 0 saturated carbocycles. The van der Waals surface area contributed by atoms with Gasteiger partial charge in [0.2, 0.25) is 0 Å². The Hall–Kier alpha value is -0.990. The molecule has 1 unspecified atom stereocenters. The number of hydrogen-bond donors (Lipinski definition) is 0. The van der Waals surface area contributed by atoms with Gasteiger partial charge in [0.25, 0.3) is 0 Å². The van der Waals surface area contributed by atoms with Gasteiger partial charge in [-0.05, 0) is 48.2 Å². The summed E-state index contributed by atoms with van der Waals surface area (Å²) in [7, 11) is 1.68. The van der Waals surface area contributed by atoms with E-state index in [1.165, 1.54) is 11.1 Å². The van der Waals surface area contributed by atoms with Gasteiger partial charge >= 0.3 is 0 Å². The molecule has 0 radical (unpaired) electrons. The van der Waals surface area contributed by atoms with E-state index in [2.05, 4.69) is 41.1 Å². The maximum absolute atomic E-state index is 6.50. The topological polar surface area (TPSA) is 9.23 Å². The standard InChI is InChI=1S/C16H16BrClO/c1-11-8-13(6-7-15(11)17)16(18)10-12-4-3-5-14(9-12)19-2/h3-9,16H,10H2,1-2H3. The minimum Gasteiger partial charge on any atom is -0.497 e. The summed E-state index contributed by atoms with van der Waals surface area (Å²) in [6, 6.07) is 14.3. The highest BCUT2D eigenvalue weighted by Gasteiger charge is 2.10. The molecule has 0 N–H and O–H groups in total. The third-order valence-corrected chi connectivity index (χ3v) is 4.39. The molecule has 100 valence electrons. The molecule has 0 saturated heterocycles. The zero-order chi connectivity index (χ0) is 13.8. The van der Waals surface area contributed by atoms with Crippen LogP contribution in [0.3, 0.4) is 0 Å². The first-order valence-electron chi connectivity index (χ1n) is 6.13. The van der Waals surface area contributed by atoms with Crippen molar-refractivity contribution in [3.8, 4) is 5.75 Å². The van der Waals surface area contributed by atoms with Crippen molar-refractivity contribution in [1.29, 1.82) is 0 Å². The molecule has 0 spiro atoms. The van der Waals surface area contributed by atoms with E-state index >= 15 is 0 Å². The van der Waals surface area contributed by atoms with Crippen LogP contribution in [0.4, 0.5) is 0 Å². The number of benzene rings is 2. The summed E-state index contributed by atoms with van der Waals surface area (Å²) in [5.74, 6) is 0.869. The molecule has 0 aliphatic rings. The minimum absolute atomic E-state index is 0.0288. The van der Waals surface area contributed by atoms with E-state index in [0.29, 0.717) is 0 Å². The first-order chi connectivity index (χ1) is 9.10. The molecule has 2 rings (SSSR count). The molecule has 1 atom stereocenters. The first kappa shape index (κ1) is 14.4. The molecule has 0 aliphatic carbocycles. The smallest absolute Gasteiger partial charge is 0.119 e. The fourth-order valence-electron chi connectivity index (χ4n) is 1.99. The van der Waals surface area contributed by atoms with Crippen LogP contribution in [0.15, 0.2) is 46.9 Å². The predicted molar refractivity (Wildman–Crippen MR) is 84.2 cm³/mol. The Bertz CT molecular complexity index is 568. The Morgan fingerprint density at radius 3 is 2.68 bits per heavy atom. The van der Waals surface area contributed by atoms with Gasteiger partial charge in [0.05, 0.1) is 12.5 Å². The second-order valence-electron chi connectivity index (χ2n) is 4.53. The predicted octanol–water partition coefficient (Wildman–Crippen LogP) is 5.29. The van der Waals surface area contributed by atoms with Gasteiger partial charge in [0.1, 0.15) is 5.75 Å². The normalized spacial score (nSPS) is 12.2. The molecule has 2 aromatic rings. The SMILES string of the molecule is COc1cccc(CC(Cl)c2ccc(Br)c(C)c2)c1. The van der Waals surface area contributed by atoms with E-state index in [-0.39, 0.29) is 5.38 Å². The Labute approximate surface area is 127 Å². The van der Waals surface area contributed by atoms with E-state index in [0.717, 1.165) is 22.2 Å². The third kappa shape index (κ3) is 3.74. The molecular formula is C16H16BrClO. The average molecular weight is 340 g/mol. The van der Waals surface area contributed by atoms with Crippen molar-refractivity contribution in [2.24, 2.45) is 0 Å². The summed E-state index contributed by atoms with van der Waals surface area (Å²) in [5, 5.41) is -0.0288. The zero-order valence-electron chi connectivity index (χ0n) is 11.0. The van der Waals surface area contributed by atoms with E-state index in [9.17, 15) is 0 Å². The van der Waals surface area contributed by atoms with Crippen LogP contribution in [-0.2, 0) is 6.42 Å². The highest BCUT2D eigenvalue weighted by molar-refractivity contribution is 9.10. The molecule has 2 aromatic carbocycles. The molecule has 0 fully saturated rings. The molecule has 0 aromatic heterocycles. The Morgan fingerprint density at radius 1 is 1.21 bits per heavy atom. The van der Waals surface area contributed by atoms with Gasteiger partial charge in [0.15, 0.2) is 0 Å². The number of halogens is 2. The van der Waals surface area contributed by atoms with Crippen molar-refractivity contribution >= 4 is 27.5 Å². The lowest BCUT2D eigenvalue weighted by atomic mass is 10.0. The summed E-state index contributed by atoms with van der Waals surface area (Å²) in [4.78, 5) is 0. The van der Waals surface area contributed by atoms with Gasteiger partial charge in [-0.3, -0.25) is 0 Å². The maximum Gasteiger partial charge on any atom is 0.119 e. The first-order valence-corrected chi connectivity index (χ1v) is 7.36. The van der Waals surface area contributed by atoms with E-state index < -0.39 is 0 Å². The highest BCUT2D eigenvalue weighted by atomic mass is 79.9. The van der Waals surface area contributed by atoms with Crippen LogP contribution in [-0.4, -0.2) is 7.11 Å². The number of hydrogen-bond acceptors (Lipinski definition) is 1. The summed E-state index contributed by atoms with van der Waals surface area (Å²) < 4.78 is 6.34. The van der Waals surface area contributed by atoms with Gasteiger partial charge < -0.3 is 4.74 Å². The molecule has 0 bridgehead atoms. The van der Waals surface area contributed by atoms with Crippen LogP contribution >= 0.6 is 27.5 Å². The van der Waals surface area contributed by atoms with Crippen molar-refractivity contribution in [3.05, 3.63) is 63.6 Å². The fraction of sp³-hybridized carbons (Fsp3) is 0.250. The number of ether oxygens (including phenoxy) is 1. The van der Waals surface area contributed by atoms with E-state index in [1.807, 2.05) is 24.3 Å². The molecule has 0 heterocycles. The fourth-order valence-corrected chi connectivity index (χ4v) is 2.55. The van der Waals surface area contributed by atoms with Gasteiger partial charge in [-0.15, -0.1) is 11.6 Å². The molecule has 1 nitrogen and oxygen atoms in total.